The summed E-state index contributed by atoms with van der Waals surface area (Å²) in [6.45, 7) is 11.5. The van der Waals surface area contributed by atoms with Crippen LogP contribution in [0, 0.1) is 5.41 Å². The van der Waals surface area contributed by atoms with Crippen molar-refractivity contribution in [3.8, 4) is 0 Å². The minimum Gasteiger partial charge on any atom is -0.383 e. The summed E-state index contributed by atoms with van der Waals surface area (Å²) in [5, 5.41) is 3.38. The highest BCUT2D eigenvalue weighted by Gasteiger charge is 2.47. The van der Waals surface area contributed by atoms with Crippen LogP contribution in [0.4, 0.5) is 0 Å². The second-order valence-corrected chi connectivity index (χ2v) is 4.33. The smallest absolute Gasteiger partial charge is 0.0271 e. The van der Waals surface area contributed by atoms with Crippen molar-refractivity contribution in [2.45, 2.75) is 52.0 Å². The molecule has 1 N–H and O–H groups in total. The molecule has 2 aliphatic rings. The van der Waals surface area contributed by atoms with Crippen LogP contribution in [0.3, 0.4) is 0 Å². The number of hydrogen-bond donors (Lipinski definition) is 1. The van der Waals surface area contributed by atoms with Gasteiger partial charge in [0.25, 0.3) is 0 Å². The topological polar surface area (TPSA) is 12.0 Å². The van der Waals surface area contributed by atoms with Gasteiger partial charge in [-0.25, -0.2) is 0 Å². The zero-order valence-electron chi connectivity index (χ0n) is 9.60. The molecule has 80 valence electrons. The Labute approximate surface area is 88.3 Å². The zero-order chi connectivity index (χ0) is 10.6. The normalized spacial score (nSPS) is 22.4. The molecule has 14 heavy (non-hydrogen) atoms. The van der Waals surface area contributed by atoms with Crippen molar-refractivity contribution >= 4 is 0 Å². The maximum absolute atomic E-state index is 3.86. The molecule has 2 rings (SSSR count). The van der Waals surface area contributed by atoms with Crippen LogP contribution >= 0.6 is 0 Å². The van der Waals surface area contributed by atoms with Gasteiger partial charge in [0.05, 0.1) is 0 Å². The molecule has 0 amide bonds. The molecule has 2 fully saturated rings. The Balaban J connectivity index is 0.000000461. The van der Waals surface area contributed by atoms with Crippen molar-refractivity contribution in [1.82, 2.24) is 5.32 Å². The van der Waals surface area contributed by atoms with Gasteiger partial charge < -0.3 is 5.32 Å². The Morgan fingerprint density at radius 2 is 1.93 bits per heavy atom. The maximum atomic E-state index is 3.86. The highest BCUT2D eigenvalue weighted by molar-refractivity contribution is 5.13. The molecule has 1 spiro atoms. The van der Waals surface area contributed by atoms with Crippen LogP contribution in [0.1, 0.15) is 46.0 Å². The summed E-state index contributed by atoms with van der Waals surface area (Å²) in [6.07, 6.45) is 8.90. The van der Waals surface area contributed by atoms with E-state index in [1.54, 1.807) is 6.08 Å². The molecule has 0 radical (unpaired) electrons. The lowest BCUT2D eigenvalue weighted by atomic mass is 9.54. The average molecular weight is 193 g/mol. The molecule has 1 heteroatoms. The fourth-order valence-corrected chi connectivity index (χ4v) is 2.49. The molecule has 0 aromatic heterocycles. The fraction of sp³-hybridized carbons (Fsp3) is 0.692. The molecule has 2 saturated carbocycles. The quantitative estimate of drug-likeness (QED) is 0.675. The minimum absolute atomic E-state index is 0.691. The Bertz CT molecular complexity index is 205. The van der Waals surface area contributed by atoms with Crippen molar-refractivity contribution in [3.05, 3.63) is 24.9 Å². The molecule has 0 aromatic rings. The van der Waals surface area contributed by atoms with Crippen LogP contribution in [0.5, 0.6) is 0 Å². The standard InChI is InChI=1S/C11H17N.C2H6/c1-3-9(2)12-10-7-11(8-10)5-4-6-11;1-2/h3,10,12H,1-2,4-8H2;1-2H3. The summed E-state index contributed by atoms with van der Waals surface area (Å²) < 4.78 is 0. The predicted octanol–water partition coefficient (Wildman–Crippen LogP) is 3.63. The van der Waals surface area contributed by atoms with Gasteiger partial charge in [-0.05, 0) is 37.2 Å². The van der Waals surface area contributed by atoms with Crippen molar-refractivity contribution in [2.75, 3.05) is 0 Å². The Morgan fingerprint density at radius 3 is 2.29 bits per heavy atom. The molecular weight excluding hydrogens is 170 g/mol. The van der Waals surface area contributed by atoms with E-state index in [4.69, 9.17) is 0 Å². The highest BCUT2D eigenvalue weighted by Crippen LogP contribution is 2.55. The first kappa shape index (κ1) is 11.4. The van der Waals surface area contributed by atoms with Gasteiger partial charge >= 0.3 is 0 Å². The third-order valence-corrected chi connectivity index (χ3v) is 3.41. The van der Waals surface area contributed by atoms with Crippen LogP contribution in [-0.4, -0.2) is 6.04 Å². The van der Waals surface area contributed by atoms with Crippen molar-refractivity contribution in [3.63, 3.8) is 0 Å². The lowest BCUT2D eigenvalue weighted by Crippen LogP contribution is -2.51. The van der Waals surface area contributed by atoms with Gasteiger partial charge in [0.1, 0.15) is 0 Å². The van der Waals surface area contributed by atoms with Crippen LogP contribution in [0.25, 0.3) is 0 Å². The monoisotopic (exact) mass is 193 g/mol. The van der Waals surface area contributed by atoms with Gasteiger partial charge in [-0.15, -0.1) is 0 Å². The van der Waals surface area contributed by atoms with Gasteiger partial charge in [-0.2, -0.15) is 0 Å². The van der Waals surface area contributed by atoms with Gasteiger partial charge in [0.15, 0.2) is 0 Å². The highest BCUT2D eigenvalue weighted by atomic mass is 14.9. The van der Waals surface area contributed by atoms with Crippen molar-refractivity contribution in [2.24, 2.45) is 5.41 Å². The molecule has 0 aromatic carbocycles. The van der Waals surface area contributed by atoms with Gasteiger partial charge in [-0.3, -0.25) is 0 Å². The first-order chi connectivity index (χ1) is 6.74. The molecule has 0 atom stereocenters. The molecule has 2 aliphatic carbocycles. The third kappa shape index (κ3) is 2.20. The molecule has 1 nitrogen and oxygen atoms in total. The van der Waals surface area contributed by atoms with E-state index in [-0.39, 0.29) is 0 Å². The zero-order valence-corrected chi connectivity index (χ0v) is 9.60. The third-order valence-electron chi connectivity index (χ3n) is 3.41. The summed E-state index contributed by atoms with van der Waals surface area (Å²) >= 11 is 0. The van der Waals surface area contributed by atoms with E-state index in [9.17, 15) is 0 Å². The SMILES string of the molecule is C=CC(=C)NC1CC2(CCC2)C1.CC. The van der Waals surface area contributed by atoms with Gasteiger partial charge in [-0.1, -0.05) is 33.4 Å². The predicted molar refractivity (Wildman–Crippen MR) is 63.1 cm³/mol. The molecule has 0 saturated heterocycles. The number of allylic oxidation sites excluding steroid dienone is 1. The first-order valence-corrected chi connectivity index (χ1v) is 5.82. The average Bonchev–Trinajstić information content (AvgIpc) is 2.10. The molecule has 0 heterocycles. The lowest BCUT2D eigenvalue weighted by molar-refractivity contribution is 0.00199. The number of hydrogen-bond acceptors (Lipinski definition) is 1. The second-order valence-electron chi connectivity index (χ2n) is 4.33. The van der Waals surface area contributed by atoms with Crippen molar-refractivity contribution < 1.29 is 0 Å². The van der Waals surface area contributed by atoms with E-state index in [1.807, 2.05) is 13.8 Å². The summed E-state index contributed by atoms with van der Waals surface area (Å²) in [6, 6.07) is 0.691. The van der Waals surface area contributed by atoms with Crippen LogP contribution < -0.4 is 5.32 Å². The molecule has 0 aliphatic heterocycles. The van der Waals surface area contributed by atoms with Gasteiger partial charge in [0.2, 0.25) is 0 Å². The van der Waals surface area contributed by atoms with Crippen LogP contribution in [-0.2, 0) is 0 Å². The van der Waals surface area contributed by atoms with Crippen molar-refractivity contribution in [1.29, 1.82) is 0 Å². The molecule has 0 bridgehead atoms. The summed E-state index contributed by atoms with van der Waals surface area (Å²) in [4.78, 5) is 0. The maximum Gasteiger partial charge on any atom is 0.0271 e. The van der Waals surface area contributed by atoms with E-state index in [0.717, 1.165) is 11.1 Å². The summed E-state index contributed by atoms with van der Waals surface area (Å²) in [5.41, 5.74) is 1.74. The second kappa shape index (κ2) is 4.68. The first-order valence-electron chi connectivity index (χ1n) is 5.82. The largest absolute Gasteiger partial charge is 0.383 e. The molecular formula is C13H23N. The van der Waals surface area contributed by atoms with E-state index in [2.05, 4.69) is 18.5 Å². The number of nitrogens with one attached hydrogen (secondary N) is 1. The van der Waals surface area contributed by atoms with Crippen LogP contribution in [0.15, 0.2) is 24.9 Å². The van der Waals surface area contributed by atoms with E-state index < -0.39 is 0 Å². The Kier molecular flexibility index (Phi) is 3.79. The molecule has 0 unspecified atom stereocenters. The lowest BCUT2D eigenvalue weighted by Gasteiger charge is -2.54. The number of rotatable bonds is 3. The fourth-order valence-electron chi connectivity index (χ4n) is 2.49. The van der Waals surface area contributed by atoms with E-state index >= 15 is 0 Å². The Hall–Kier alpha value is -0.720. The minimum atomic E-state index is 0.691. The summed E-state index contributed by atoms with van der Waals surface area (Å²) in [7, 11) is 0. The van der Waals surface area contributed by atoms with Gasteiger partial charge in [0, 0.05) is 11.7 Å². The van der Waals surface area contributed by atoms with E-state index in [0.29, 0.717) is 6.04 Å². The Morgan fingerprint density at radius 1 is 1.36 bits per heavy atom. The van der Waals surface area contributed by atoms with E-state index in [1.165, 1.54) is 32.1 Å². The summed E-state index contributed by atoms with van der Waals surface area (Å²) in [5.74, 6) is 0. The van der Waals surface area contributed by atoms with Crippen LogP contribution in [0.2, 0.25) is 0 Å².